The molecular formula is C13H17F3N2. The van der Waals surface area contributed by atoms with Crippen molar-refractivity contribution in [1.82, 2.24) is 5.32 Å². The van der Waals surface area contributed by atoms with Gasteiger partial charge >= 0.3 is 6.18 Å². The number of halogens is 3. The molecule has 1 saturated carbocycles. The third-order valence-corrected chi connectivity index (χ3v) is 3.44. The molecular weight excluding hydrogens is 241 g/mol. The van der Waals surface area contributed by atoms with Crippen LogP contribution < -0.4 is 11.1 Å². The summed E-state index contributed by atoms with van der Waals surface area (Å²) >= 11 is 0. The number of nitrogens with one attached hydrogen (secondary N) is 1. The molecule has 2 rings (SSSR count). The highest BCUT2D eigenvalue weighted by atomic mass is 19.4. The summed E-state index contributed by atoms with van der Waals surface area (Å²) in [5.41, 5.74) is 5.25. The highest BCUT2D eigenvalue weighted by Gasteiger charge is 2.62. The third-order valence-electron chi connectivity index (χ3n) is 3.44. The highest BCUT2D eigenvalue weighted by molar-refractivity contribution is 5.18. The van der Waals surface area contributed by atoms with Crippen molar-refractivity contribution in [2.24, 2.45) is 5.73 Å². The van der Waals surface area contributed by atoms with Gasteiger partial charge in [-0.1, -0.05) is 30.3 Å². The summed E-state index contributed by atoms with van der Waals surface area (Å²) in [6.45, 7) is 0.287. The number of benzene rings is 1. The molecule has 0 amide bonds. The van der Waals surface area contributed by atoms with Crippen LogP contribution in [0.3, 0.4) is 0 Å². The van der Waals surface area contributed by atoms with E-state index < -0.39 is 11.7 Å². The van der Waals surface area contributed by atoms with Crippen molar-refractivity contribution in [1.29, 1.82) is 0 Å². The SMILES string of the molecule is NC(CCNC1(C(F)(F)F)CC1)c1ccccc1. The molecule has 0 bridgehead atoms. The topological polar surface area (TPSA) is 38.0 Å². The Hall–Kier alpha value is -1.07. The maximum absolute atomic E-state index is 12.6. The zero-order valence-electron chi connectivity index (χ0n) is 10.0. The van der Waals surface area contributed by atoms with Gasteiger partial charge in [0, 0.05) is 6.04 Å². The Labute approximate surface area is 104 Å². The molecule has 1 aliphatic rings. The van der Waals surface area contributed by atoms with E-state index in [4.69, 9.17) is 5.73 Å². The number of nitrogens with two attached hydrogens (primary N) is 1. The van der Waals surface area contributed by atoms with Gasteiger partial charge in [0.15, 0.2) is 0 Å². The molecule has 1 aromatic rings. The van der Waals surface area contributed by atoms with E-state index in [9.17, 15) is 13.2 Å². The monoisotopic (exact) mass is 258 g/mol. The van der Waals surface area contributed by atoms with E-state index in [1.165, 1.54) is 0 Å². The summed E-state index contributed by atoms with van der Waals surface area (Å²) < 4.78 is 37.9. The van der Waals surface area contributed by atoms with Gasteiger partial charge in [-0.2, -0.15) is 13.2 Å². The zero-order valence-corrected chi connectivity index (χ0v) is 10.0. The molecule has 0 spiro atoms. The largest absolute Gasteiger partial charge is 0.406 e. The van der Waals surface area contributed by atoms with Crippen LogP contribution in [0.25, 0.3) is 0 Å². The van der Waals surface area contributed by atoms with Crippen LogP contribution in [0.4, 0.5) is 13.2 Å². The smallest absolute Gasteiger partial charge is 0.324 e. The van der Waals surface area contributed by atoms with Gasteiger partial charge in [0.25, 0.3) is 0 Å². The van der Waals surface area contributed by atoms with E-state index in [1.54, 1.807) is 0 Å². The van der Waals surface area contributed by atoms with E-state index in [-0.39, 0.29) is 25.4 Å². The Morgan fingerprint density at radius 2 is 1.83 bits per heavy atom. The van der Waals surface area contributed by atoms with Gasteiger partial charge < -0.3 is 11.1 Å². The number of hydrogen-bond acceptors (Lipinski definition) is 2. The Balaban J connectivity index is 1.80. The predicted octanol–water partition coefficient (Wildman–Crippen LogP) is 2.76. The summed E-state index contributed by atoms with van der Waals surface area (Å²) in [6, 6.07) is 9.20. The average molecular weight is 258 g/mol. The van der Waals surface area contributed by atoms with Crippen molar-refractivity contribution in [3.63, 3.8) is 0 Å². The minimum Gasteiger partial charge on any atom is -0.324 e. The molecule has 1 unspecified atom stereocenters. The van der Waals surface area contributed by atoms with Gasteiger partial charge in [-0.05, 0) is 31.4 Å². The molecule has 1 atom stereocenters. The van der Waals surface area contributed by atoms with Gasteiger partial charge in [0.2, 0.25) is 0 Å². The first-order valence-corrected chi connectivity index (χ1v) is 6.07. The van der Waals surface area contributed by atoms with Crippen molar-refractivity contribution in [2.75, 3.05) is 6.54 Å². The van der Waals surface area contributed by atoms with Crippen molar-refractivity contribution >= 4 is 0 Å². The van der Waals surface area contributed by atoms with E-state index in [0.717, 1.165) is 5.56 Å². The summed E-state index contributed by atoms with van der Waals surface area (Å²) in [6.07, 6.45) is -3.29. The summed E-state index contributed by atoms with van der Waals surface area (Å²) in [7, 11) is 0. The molecule has 0 aromatic heterocycles. The Bertz CT molecular complexity index is 385. The molecule has 1 aliphatic carbocycles. The second-order valence-corrected chi connectivity index (χ2v) is 4.81. The molecule has 1 fully saturated rings. The van der Waals surface area contributed by atoms with E-state index in [1.807, 2.05) is 30.3 Å². The molecule has 18 heavy (non-hydrogen) atoms. The van der Waals surface area contributed by atoms with Crippen LogP contribution in [-0.2, 0) is 0 Å². The summed E-state index contributed by atoms with van der Waals surface area (Å²) in [4.78, 5) is 0. The minimum absolute atomic E-state index is 0.178. The maximum Gasteiger partial charge on any atom is 0.406 e. The lowest BCUT2D eigenvalue weighted by molar-refractivity contribution is -0.165. The third kappa shape index (κ3) is 2.84. The minimum atomic E-state index is -4.15. The maximum atomic E-state index is 12.6. The van der Waals surface area contributed by atoms with Crippen LogP contribution in [0.5, 0.6) is 0 Å². The van der Waals surface area contributed by atoms with Gasteiger partial charge in [-0.15, -0.1) is 0 Å². The quantitative estimate of drug-likeness (QED) is 0.852. The van der Waals surface area contributed by atoms with Crippen LogP contribution in [0.15, 0.2) is 30.3 Å². The molecule has 5 heteroatoms. The lowest BCUT2D eigenvalue weighted by Gasteiger charge is -2.21. The van der Waals surface area contributed by atoms with Crippen molar-refractivity contribution in [3.8, 4) is 0 Å². The van der Waals surface area contributed by atoms with Crippen LogP contribution in [0.1, 0.15) is 30.9 Å². The normalized spacial score (nSPS) is 19.6. The average Bonchev–Trinajstić information content (AvgIpc) is 3.10. The van der Waals surface area contributed by atoms with Crippen LogP contribution in [0, 0.1) is 0 Å². The molecule has 0 saturated heterocycles. The second kappa shape index (κ2) is 4.90. The fourth-order valence-electron chi connectivity index (χ4n) is 2.02. The van der Waals surface area contributed by atoms with Crippen LogP contribution >= 0.6 is 0 Å². The van der Waals surface area contributed by atoms with Crippen molar-refractivity contribution in [3.05, 3.63) is 35.9 Å². The van der Waals surface area contributed by atoms with E-state index in [0.29, 0.717) is 6.42 Å². The Morgan fingerprint density at radius 3 is 2.33 bits per heavy atom. The van der Waals surface area contributed by atoms with Crippen LogP contribution in [0.2, 0.25) is 0 Å². The van der Waals surface area contributed by atoms with Gasteiger partial charge in [-0.3, -0.25) is 0 Å². The predicted molar refractivity (Wildman–Crippen MR) is 64.0 cm³/mol. The zero-order chi connectivity index (χ0) is 13.2. The first-order chi connectivity index (χ1) is 8.45. The first-order valence-electron chi connectivity index (χ1n) is 6.07. The molecule has 0 radical (unpaired) electrons. The van der Waals surface area contributed by atoms with Gasteiger partial charge in [0.1, 0.15) is 5.54 Å². The highest BCUT2D eigenvalue weighted by Crippen LogP contribution is 2.48. The summed E-state index contributed by atoms with van der Waals surface area (Å²) in [5.74, 6) is 0. The van der Waals surface area contributed by atoms with Gasteiger partial charge in [-0.25, -0.2) is 0 Å². The summed E-state index contributed by atoms with van der Waals surface area (Å²) in [5, 5.41) is 2.61. The second-order valence-electron chi connectivity index (χ2n) is 4.81. The Kier molecular flexibility index (Phi) is 3.64. The molecule has 1 aromatic carbocycles. The molecule has 3 N–H and O–H groups in total. The molecule has 2 nitrogen and oxygen atoms in total. The van der Waals surface area contributed by atoms with Crippen molar-refractivity contribution in [2.45, 2.75) is 37.0 Å². The molecule has 0 aliphatic heterocycles. The number of hydrogen-bond donors (Lipinski definition) is 2. The van der Waals surface area contributed by atoms with Crippen LogP contribution in [-0.4, -0.2) is 18.3 Å². The molecule has 100 valence electrons. The standard InChI is InChI=1S/C13H17F3N2/c14-13(15,16)12(7-8-12)18-9-6-11(17)10-4-2-1-3-5-10/h1-5,11,18H,6-9,17H2. The first kappa shape index (κ1) is 13.4. The van der Waals surface area contributed by atoms with Gasteiger partial charge in [0.05, 0.1) is 0 Å². The fraction of sp³-hybridized carbons (Fsp3) is 0.538. The fourth-order valence-corrected chi connectivity index (χ4v) is 2.02. The number of alkyl halides is 3. The Morgan fingerprint density at radius 1 is 1.22 bits per heavy atom. The van der Waals surface area contributed by atoms with E-state index >= 15 is 0 Å². The lowest BCUT2D eigenvalue weighted by atomic mass is 10.0. The van der Waals surface area contributed by atoms with Crippen molar-refractivity contribution < 1.29 is 13.2 Å². The molecule has 0 heterocycles. The lowest BCUT2D eigenvalue weighted by Crippen LogP contribution is -2.45. The van der Waals surface area contributed by atoms with E-state index in [2.05, 4.69) is 5.32 Å². The number of rotatable bonds is 5.